The standard InChI is InChI=1S/C16H21.C10H15/c1-8-9(2)12(5)16-14(7)10(3)13(6)15(16)11(8)4;1-6-7(2)9(4)10(5)8(6)3/h1-7H3;1-5H3/q2*-1. The van der Waals surface area contributed by atoms with E-state index in [1.165, 1.54) is 77.5 Å². The van der Waals surface area contributed by atoms with Gasteiger partial charge in [0.1, 0.15) is 0 Å². The second kappa shape index (κ2) is 7.06. The van der Waals surface area contributed by atoms with Gasteiger partial charge in [-0.1, -0.05) is 79.0 Å². The fraction of sp³-hybridized carbons (Fsp3) is 0.462. The molecule has 0 unspecified atom stereocenters. The predicted octanol–water partition coefficient (Wildman–Crippen LogP) is 7.67. The van der Waals surface area contributed by atoms with Gasteiger partial charge in [-0.2, -0.15) is 33.4 Å². The number of rotatable bonds is 0. The van der Waals surface area contributed by atoms with Gasteiger partial charge in [-0.3, -0.25) is 0 Å². The van der Waals surface area contributed by atoms with Gasteiger partial charge in [0.15, 0.2) is 0 Å². The average molecular weight is 349 g/mol. The van der Waals surface area contributed by atoms with Crippen LogP contribution < -0.4 is 0 Å². The molecule has 0 aliphatic heterocycles. The summed E-state index contributed by atoms with van der Waals surface area (Å²) in [6.07, 6.45) is 0. The number of fused-ring (bicyclic) bond motifs is 1. The number of aryl methyl sites for hydroxylation is 4. The maximum absolute atomic E-state index is 2.26. The van der Waals surface area contributed by atoms with Crippen molar-refractivity contribution in [1.82, 2.24) is 0 Å². The lowest BCUT2D eigenvalue weighted by Gasteiger charge is -2.19. The van der Waals surface area contributed by atoms with Crippen molar-refractivity contribution >= 4 is 10.8 Å². The van der Waals surface area contributed by atoms with E-state index in [2.05, 4.69) is 83.1 Å². The van der Waals surface area contributed by atoms with Crippen LogP contribution in [0.4, 0.5) is 0 Å². The lowest BCUT2D eigenvalue weighted by Crippen LogP contribution is -1.93. The van der Waals surface area contributed by atoms with Crippen LogP contribution in [0.2, 0.25) is 0 Å². The smallest absolute Gasteiger partial charge is 0.0408 e. The van der Waals surface area contributed by atoms with Crippen LogP contribution in [0.1, 0.15) is 66.8 Å². The van der Waals surface area contributed by atoms with E-state index in [9.17, 15) is 0 Å². The van der Waals surface area contributed by atoms with E-state index in [1.54, 1.807) is 0 Å². The molecule has 0 saturated carbocycles. The van der Waals surface area contributed by atoms with Crippen molar-refractivity contribution in [2.75, 3.05) is 0 Å². The van der Waals surface area contributed by atoms with Crippen LogP contribution in [0.3, 0.4) is 0 Å². The molecule has 0 atom stereocenters. The summed E-state index contributed by atoms with van der Waals surface area (Å²) in [6.45, 7) is 26.8. The Hall–Kier alpha value is -1.82. The molecule has 142 valence electrons. The number of hydrogen-bond acceptors (Lipinski definition) is 0. The molecule has 0 bridgehead atoms. The Morgan fingerprint density at radius 3 is 1.15 bits per heavy atom. The monoisotopic (exact) mass is 348 g/mol. The zero-order valence-corrected chi connectivity index (χ0v) is 19.0. The number of benzene rings is 1. The lowest BCUT2D eigenvalue weighted by atomic mass is 9.92. The summed E-state index contributed by atoms with van der Waals surface area (Å²) in [5.74, 6) is 0. The summed E-state index contributed by atoms with van der Waals surface area (Å²) in [5.41, 5.74) is 17.6. The van der Waals surface area contributed by atoms with E-state index >= 15 is 0 Å². The second-order valence-corrected chi connectivity index (χ2v) is 8.25. The van der Waals surface area contributed by atoms with Crippen molar-refractivity contribution in [3.05, 3.63) is 66.8 Å². The quantitative estimate of drug-likeness (QED) is 0.366. The van der Waals surface area contributed by atoms with Crippen molar-refractivity contribution in [2.45, 2.75) is 83.1 Å². The van der Waals surface area contributed by atoms with Gasteiger partial charge in [0.2, 0.25) is 0 Å². The summed E-state index contributed by atoms with van der Waals surface area (Å²) >= 11 is 0. The molecule has 0 aliphatic rings. The Morgan fingerprint density at radius 2 is 0.769 bits per heavy atom. The highest BCUT2D eigenvalue weighted by Gasteiger charge is 2.08. The molecule has 0 N–H and O–H groups in total. The first-order chi connectivity index (χ1) is 11.9. The molecular weight excluding hydrogens is 312 g/mol. The van der Waals surface area contributed by atoms with E-state index in [0.717, 1.165) is 0 Å². The first-order valence-corrected chi connectivity index (χ1v) is 9.75. The second-order valence-electron chi connectivity index (χ2n) is 8.25. The highest BCUT2D eigenvalue weighted by molar-refractivity contribution is 5.99. The summed E-state index contributed by atoms with van der Waals surface area (Å²) in [6, 6.07) is 0. The van der Waals surface area contributed by atoms with Gasteiger partial charge in [-0.15, -0.1) is 27.5 Å². The topological polar surface area (TPSA) is 0 Å². The Bertz CT molecular complexity index is 853. The molecule has 0 amide bonds. The minimum Gasteiger partial charge on any atom is -0.196 e. The minimum absolute atomic E-state index is 1.46. The highest BCUT2D eigenvalue weighted by atomic mass is 14.2. The van der Waals surface area contributed by atoms with E-state index in [-0.39, 0.29) is 0 Å². The molecule has 0 fully saturated rings. The highest BCUT2D eigenvalue weighted by Crippen LogP contribution is 2.37. The molecule has 0 spiro atoms. The zero-order valence-electron chi connectivity index (χ0n) is 19.0. The molecule has 26 heavy (non-hydrogen) atoms. The summed E-state index contributed by atoms with van der Waals surface area (Å²) in [4.78, 5) is 0. The fourth-order valence-electron chi connectivity index (χ4n) is 4.31. The first kappa shape index (κ1) is 20.5. The van der Waals surface area contributed by atoms with Crippen LogP contribution in [-0.2, 0) is 0 Å². The van der Waals surface area contributed by atoms with Crippen molar-refractivity contribution in [2.24, 2.45) is 0 Å². The normalized spacial score (nSPS) is 11.1. The van der Waals surface area contributed by atoms with E-state index in [4.69, 9.17) is 0 Å². The van der Waals surface area contributed by atoms with E-state index < -0.39 is 0 Å². The van der Waals surface area contributed by atoms with Crippen molar-refractivity contribution < 1.29 is 0 Å². The Morgan fingerprint density at radius 1 is 0.385 bits per heavy atom. The third-order valence-corrected chi connectivity index (χ3v) is 7.38. The minimum atomic E-state index is 1.46. The molecule has 0 radical (unpaired) electrons. The van der Waals surface area contributed by atoms with Gasteiger partial charge in [-0.05, 0) is 20.8 Å². The summed E-state index contributed by atoms with van der Waals surface area (Å²) in [5, 5.41) is 2.99. The summed E-state index contributed by atoms with van der Waals surface area (Å²) in [7, 11) is 0. The Balaban J connectivity index is 0.000000209. The van der Waals surface area contributed by atoms with Gasteiger partial charge >= 0.3 is 0 Å². The molecule has 0 aliphatic carbocycles. The van der Waals surface area contributed by atoms with Gasteiger partial charge in [-0.25, -0.2) is 0 Å². The lowest BCUT2D eigenvalue weighted by molar-refractivity contribution is 1.25. The van der Waals surface area contributed by atoms with Crippen molar-refractivity contribution in [3.8, 4) is 0 Å². The molecule has 3 rings (SSSR count). The van der Waals surface area contributed by atoms with Gasteiger partial charge < -0.3 is 0 Å². The summed E-state index contributed by atoms with van der Waals surface area (Å²) < 4.78 is 0. The van der Waals surface area contributed by atoms with Gasteiger partial charge in [0.05, 0.1) is 0 Å². The Labute approximate surface area is 161 Å². The molecule has 3 aromatic rings. The molecule has 0 aromatic heterocycles. The molecule has 0 heteroatoms. The van der Waals surface area contributed by atoms with Gasteiger partial charge in [0, 0.05) is 0 Å². The van der Waals surface area contributed by atoms with Crippen molar-refractivity contribution in [1.29, 1.82) is 0 Å². The van der Waals surface area contributed by atoms with Crippen LogP contribution in [0, 0.1) is 83.1 Å². The zero-order chi connectivity index (χ0) is 20.1. The molecule has 0 nitrogen and oxygen atoms in total. The first-order valence-electron chi connectivity index (χ1n) is 9.75. The van der Waals surface area contributed by atoms with Crippen LogP contribution >= 0.6 is 0 Å². The molecule has 0 heterocycles. The maximum Gasteiger partial charge on any atom is -0.0408 e. The number of hydrogen-bond donors (Lipinski definition) is 0. The third-order valence-electron chi connectivity index (χ3n) is 7.38. The van der Waals surface area contributed by atoms with E-state index in [1.807, 2.05) is 0 Å². The van der Waals surface area contributed by atoms with Gasteiger partial charge in [0.25, 0.3) is 0 Å². The third kappa shape index (κ3) is 2.94. The molecule has 3 aromatic carbocycles. The van der Waals surface area contributed by atoms with Crippen LogP contribution in [0.15, 0.2) is 0 Å². The SMILES string of the molecule is Cc1c(C)c(C)[c-](C)c1C.Cc1c(C)c(C)c2c(c1C)c(C)c(C)[c-]2C. The van der Waals surface area contributed by atoms with Crippen LogP contribution in [-0.4, -0.2) is 0 Å². The maximum atomic E-state index is 2.26. The molecular formula is C26H36-2. The average Bonchev–Trinajstić information content (AvgIpc) is 2.94. The van der Waals surface area contributed by atoms with Crippen molar-refractivity contribution in [3.63, 3.8) is 0 Å². The fourth-order valence-corrected chi connectivity index (χ4v) is 4.31. The molecule has 0 saturated heterocycles. The Kier molecular flexibility index (Phi) is 5.57. The van der Waals surface area contributed by atoms with E-state index in [0.29, 0.717) is 0 Å². The van der Waals surface area contributed by atoms with Crippen LogP contribution in [0.5, 0.6) is 0 Å². The predicted molar refractivity (Wildman–Crippen MR) is 118 cm³/mol. The largest absolute Gasteiger partial charge is 0.196 e. The van der Waals surface area contributed by atoms with Crippen LogP contribution in [0.25, 0.3) is 10.8 Å².